The SMILES string of the molecule is Cc1ccc2c(c1Br)CCc1cc(P)cnc1C2N1CCNCC1. The van der Waals surface area contributed by atoms with E-state index in [1.54, 1.807) is 0 Å². The summed E-state index contributed by atoms with van der Waals surface area (Å²) in [6.45, 7) is 6.42. The van der Waals surface area contributed by atoms with Crippen molar-refractivity contribution in [2.45, 2.75) is 25.8 Å². The number of benzene rings is 1. The van der Waals surface area contributed by atoms with Crippen molar-refractivity contribution in [3.05, 3.63) is 56.8 Å². The van der Waals surface area contributed by atoms with E-state index in [0.29, 0.717) is 0 Å². The van der Waals surface area contributed by atoms with Crippen molar-refractivity contribution in [1.82, 2.24) is 15.2 Å². The molecule has 2 atom stereocenters. The molecule has 1 aliphatic heterocycles. The zero-order chi connectivity index (χ0) is 16.7. The van der Waals surface area contributed by atoms with Crippen LogP contribution in [0.25, 0.3) is 0 Å². The lowest BCUT2D eigenvalue weighted by Gasteiger charge is -2.36. The van der Waals surface area contributed by atoms with E-state index in [-0.39, 0.29) is 6.04 Å². The average molecular weight is 404 g/mol. The maximum atomic E-state index is 4.89. The van der Waals surface area contributed by atoms with Gasteiger partial charge in [-0.15, -0.1) is 9.24 Å². The van der Waals surface area contributed by atoms with Gasteiger partial charge in [-0.25, -0.2) is 0 Å². The Morgan fingerprint density at radius 1 is 1.25 bits per heavy atom. The summed E-state index contributed by atoms with van der Waals surface area (Å²) >= 11 is 3.86. The van der Waals surface area contributed by atoms with Crippen LogP contribution < -0.4 is 10.6 Å². The minimum atomic E-state index is 0.266. The van der Waals surface area contributed by atoms with Crippen LogP contribution in [0.3, 0.4) is 0 Å². The lowest BCUT2D eigenvalue weighted by atomic mass is 9.95. The predicted molar refractivity (Wildman–Crippen MR) is 106 cm³/mol. The molecule has 0 amide bonds. The van der Waals surface area contributed by atoms with Gasteiger partial charge in [0.2, 0.25) is 0 Å². The first kappa shape index (κ1) is 16.7. The minimum absolute atomic E-state index is 0.266. The van der Waals surface area contributed by atoms with Crippen LogP contribution in [-0.2, 0) is 12.8 Å². The van der Waals surface area contributed by atoms with Crippen molar-refractivity contribution >= 4 is 30.5 Å². The molecule has 1 aromatic carbocycles. The van der Waals surface area contributed by atoms with Gasteiger partial charge in [0, 0.05) is 36.8 Å². The van der Waals surface area contributed by atoms with Crippen molar-refractivity contribution in [3.8, 4) is 0 Å². The zero-order valence-corrected chi connectivity index (χ0v) is 16.7. The Kier molecular flexibility index (Phi) is 4.75. The molecule has 24 heavy (non-hydrogen) atoms. The molecular formula is C19H23BrN3P. The highest BCUT2D eigenvalue weighted by molar-refractivity contribution is 9.10. The largest absolute Gasteiger partial charge is 0.314 e. The van der Waals surface area contributed by atoms with Crippen LogP contribution in [0.5, 0.6) is 0 Å². The van der Waals surface area contributed by atoms with Crippen LogP contribution in [0.1, 0.15) is 34.0 Å². The fourth-order valence-corrected chi connectivity index (χ4v) is 4.80. The molecule has 0 spiro atoms. The Morgan fingerprint density at radius 3 is 2.83 bits per heavy atom. The molecule has 0 radical (unpaired) electrons. The highest BCUT2D eigenvalue weighted by Gasteiger charge is 2.31. The van der Waals surface area contributed by atoms with E-state index >= 15 is 0 Å². The summed E-state index contributed by atoms with van der Waals surface area (Å²) in [4.78, 5) is 7.48. The van der Waals surface area contributed by atoms with Crippen molar-refractivity contribution in [2.75, 3.05) is 26.2 Å². The van der Waals surface area contributed by atoms with Gasteiger partial charge in [0.1, 0.15) is 0 Å². The number of nitrogens with one attached hydrogen (secondary N) is 1. The van der Waals surface area contributed by atoms with Crippen LogP contribution in [0.15, 0.2) is 28.9 Å². The van der Waals surface area contributed by atoms with Crippen LogP contribution in [0.4, 0.5) is 0 Å². The van der Waals surface area contributed by atoms with Gasteiger partial charge in [0.25, 0.3) is 0 Å². The highest BCUT2D eigenvalue weighted by Crippen LogP contribution is 2.39. The molecule has 2 unspecified atom stereocenters. The van der Waals surface area contributed by atoms with E-state index in [1.165, 1.54) is 37.7 Å². The highest BCUT2D eigenvalue weighted by atomic mass is 79.9. The first-order chi connectivity index (χ1) is 11.6. The fraction of sp³-hybridized carbons (Fsp3) is 0.421. The molecule has 2 aliphatic rings. The number of aryl methyl sites for hydroxylation is 2. The third-order valence-corrected chi connectivity index (χ3v) is 6.63. The van der Waals surface area contributed by atoms with Crippen LogP contribution in [0.2, 0.25) is 0 Å². The molecule has 2 aromatic rings. The molecule has 5 heteroatoms. The summed E-state index contributed by atoms with van der Waals surface area (Å²) in [5.41, 5.74) is 6.85. The molecule has 126 valence electrons. The van der Waals surface area contributed by atoms with Crippen molar-refractivity contribution < 1.29 is 0 Å². The van der Waals surface area contributed by atoms with Gasteiger partial charge in [-0.2, -0.15) is 0 Å². The van der Waals surface area contributed by atoms with E-state index < -0.39 is 0 Å². The standard InChI is InChI=1S/C19H23BrN3P/c1-12-2-4-16-15(17(12)20)5-3-13-10-14(24)11-22-18(13)19(16)23-8-6-21-7-9-23/h2,4,10-11,19,21H,3,5-9,24H2,1H3. The van der Waals surface area contributed by atoms with Gasteiger partial charge in [-0.3, -0.25) is 9.88 Å². The summed E-state index contributed by atoms with van der Waals surface area (Å²) in [7, 11) is 2.79. The van der Waals surface area contributed by atoms with Gasteiger partial charge in [0.05, 0.1) is 11.7 Å². The summed E-state index contributed by atoms with van der Waals surface area (Å²) in [6.07, 6.45) is 4.12. The molecule has 3 nitrogen and oxygen atoms in total. The summed E-state index contributed by atoms with van der Waals surface area (Å²) < 4.78 is 1.28. The zero-order valence-electron chi connectivity index (χ0n) is 14.0. The van der Waals surface area contributed by atoms with Crippen molar-refractivity contribution in [1.29, 1.82) is 0 Å². The monoisotopic (exact) mass is 403 g/mol. The molecular weight excluding hydrogens is 381 g/mol. The van der Waals surface area contributed by atoms with E-state index in [9.17, 15) is 0 Å². The first-order valence-electron chi connectivity index (χ1n) is 8.62. The summed E-state index contributed by atoms with van der Waals surface area (Å²) in [6, 6.07) is 7.14. The molecule has 2 heterocycles. The second kappa shape index (κ2) is 6.84. The lowest BCUT2D eigenvalue weighted by Crippen LogP contribution is -2.45. The van der Waals surface area contributed by atoms with Gasteiger partial charge in [-0.1, -0.05) is 28.1 Å². The number of nitrogens with zero attached hydrogens (tertiary/aromatic N) is 2. The Balaban J connectivity index is 1.90. The quantitative estimate of drug-likeness (QED) is 0.742. The molecule has 1 saturated heterocycles. The topological polar surface area (TPSA) is 28.2 Å². The minimum Gasteiger partial charge on any atom is -0.314 e. The number of fused-ring (bicyclic) bond motifs is 2. The maximum absolute atomic E-state index is 4.89. The van der Waals surface area contributed by atoms with Crippen LogP contribution >= 0.6 is 25.2 Å². The molecule has 0 saturated carbocycles. The number of rotatable bonds is 1. The predicted octanol–water partition coefficient (Wildman–Crippen LogP) is 2.75. The number of pyridine rings is 1. The molecule has 1 aromatic heterocycles. The third kappa shape index (κ3) is 2.94. The number of aromatic nitrogens is 1. The van der Waals surface area contributed by atoms with Crippen molar-refractivity contribution in [3.63, 3.8) is 0 Å². The number of piperazine rings is 1. The number of hydrogen-bond donors (Lipinski definition) is 1. The summed E-state index contributed by atoms with van der Waals surface area (Å²) in [5, 5.41) is 4.65. The van der Waals surface area contributed by atoms with E-state index in [4.69, 9.17) is 4.98 Å². The second-order valence-corrected chi connectivity index (χ2v) is 8.23. The van der Waals surface area contributed by atoms with Gasteiger partial charge in [-0.05, 0) is 53.4 Å². The van der Waals surface area contributed by atoms with Gasteiger partial charge in [0.15, 0.2) is 0 Å². The van der Waals surface area contributed by atoms with E-state index in [2.05, 4.69) is 60.5 Å². The fourth-order valence-electron chi connectivity index (χ4n) is 3.97. The maximum Gasteiger partial charge on any atom is 0.0783 e. The summed E-state index contributed by atoms with van der Waals surface area (Å²) in [5.74, 6) is 0. The molecule has 0 bridgehead atoms. The van der Waals surface area contributed by atoms with E-state index in [1.807, 2.05) is 6.20 Å². The second-order valence-electron chi connectivity index (χ2n) is 6.77. The van der Waals surface area contributed by atoms with Crippen molar-refractivity contribution in [2.24, 2.45) is 0 Å². The first-order valence-corrected chi connectivity index (χ1v) is 9.99. The Hall–Kier alpha value is -0.800. The number of hydrogen-bond acceptors (Lipinski definition) is 3. The van der Waals surface area contributed by atoms with Crippen LogP contribution in [-0.4, -0.2) is 36.1 Å². The molecule has 1 N–H and O–H groups in total. The number of halogens is 1. The van der Waals surface area contributed by atoms with Gasteiger partial charge >= 0.3 is 0 Å². The Bertz CT molecular complexity index is 771. The van der Waals surface area contributed by atoms with Crippen LogP contribution in [0, 0.1) is 6.92 Å². The average Bonchev–Trinajstić information content (AvgIpc) is 2.76. The van der Waals surface area contributed by atoms with E-state index in [0.717, 1.165) is 39.0 Å². The van der Waals surface area contributed by atoms with Gasteiger partial charge < -0.3 is 5.32 Å². The molecule has 1 fully saturated rings. The normalized spacial score (nSPS) is 21.0. The Morgan fingerprint density at radius 2 is 2.04 bits per heavy atom. The third-order valence-electron chi connectivity index (χ3n) is 5.21. The Labute approximate surface area is 154 Å². The lowest BCUT2D eigenvalue weighted by molar-refractivity contribution is 0.195. The molecule has 1 aliphatic carbocycles. The molecule has 4 rings (SSSR count). The smallest absolute Gasteiger partial charge is 0.0783 e.